The van der Waals surface area contributed by atoms with Crippen LogP contribution in [0.5, 0.6) is 0 Å². The lowest BCUT2D eigenvalue weighted by Gasteiger charge is -2.20. The molecular weight excluding hydrogens is 214 g/mol. The summed E-state index contributed by atoms with van der Waals surface area (Å²) in [5.74, 6) is 1.35. The quantitative estimate of drug-likeness (QED) is 0.854. The molecule has 2 heterocycles. The van der Waals surface area contributed by atoms with Gasteiger partial charge in [0, 0.05) is 18.7 Å². The standard InChI is InChI=1S/C13H23N3O/c1-4-16-7-12(6-14-16)15-13-9-17-8-11(13)5-10(2)3/h6-7,10-11,13,15H,4-5,8-9H2,1-3H3. The smallest absolute Gasteiger partial charge is 0.0729 e. The molecule has 96 valence electrons. The van der Waals surface area contributed by atoms with E-state index in [1.165, 1.54) is 6.42 Å². The van der Waals surface area contributed by atoms with Gasteiger partial charge in [0.2, 0.25) is 0 Å². The first kappa shape index (κ1) is 12.4. The topological polar surface area (TPSA) is 39.1 Å². The first-order valence-corrected chi connectivity index (χ1v) is 6.55. The van der Waals surface area contributed by atoms with Gasteiger partial charge in [-0.15, -0.1) is 0 Å². The summed E-state index contributed by atoms with van der Waals surface area (Å²) < 4.78 is 7.53. The predicted octanol–water partition coefficient (Wildman–Crippen LogP) is 2.38. The van der Waals surface area contributed by atoms with Crippen molar-refractivity contribution in [3.05, 3.63) is 12.4 Å². The maximum absolute atomic E-state index is 5.59. The summed E-state index contributed by atoms with van der Waals surface area (Å²) in [4.78, 5) is 0. The molecule has 1 aromatic heterocycles. The molecule has 1 aliphatic heterocycles. The molecule has 1 N–H and O–H groups in total. The Labute approximate surface area is 103 Å². The zero-order chi connectivity index (χ0) is 12.3. The number of hydrogen-bond acceptors (Lipinski definition) is 3. The highest BCUT2D eigenvalue weighted by Crippen LogP contribution is 2.24. The molecule has 0 amide bonds. The zero-order valence-corrected chi connectivity index (χ0v) is 11.0. The first-order chi connectivity index (χ1) is 8.19. The molecule has 1 aliphatic rings. The van der Waals surface area contributed by atoms with E-state index in [9.17, 15) is 0 Å². The molecule has 0 saturated carbocycles. The van der Waals surface area contributed by atoms with Crippen molar-refractivity contribution in [2.45, 2.75) is 39.8 Å². The number of nitrogens with zero attached hydrogens (tertiary/aromatic N) is 2. The van der Waals surface area contributed by atoms with E-state index in [0.717, 1.165) is 31.4 Å². The van der Waals surface area contributed by atoms with Gasteiger partial charge in [0.15, 0.2) is 0 Å². The van der Waals surface area contributed by atoms with Gasteiger partial charge in [-0.2, -0.15) is 5.10 Å². The van der Waals surface area contributed by atoms with Crippen LogP contribution >= 0.6 is 0 Å². The summed E-state index contributed by atoms with van der Waals surface area (Å²) in [6.45, 7) is 9.25. The van der Waals surface area contributed by atoms with Gasteiger partial charge >= 0.3 is 0 Å². The Morgan fingerprint density at radius 1 is 1.53 bits per heavy atom. The van der Waals surface area contributed by atoms with Gasteiger partial charge < -0.3 is 10.1 Å². The lowest BCUT2D eigenvalue weighted by atomic mass is 9.93. The van der Waals surface area contributed by atoms with Crippen molar-refractivity contribution in [1.82, 2.24) is 9.78 Å². The molecule has 17 heavy (non-hydrogen) atoms. The molecular formula is C13H23N3O. The van der Waals surface area contributed by atoms with Crippen molar-refractivity contribution in [2.75, 3.05) is 18.5 Å². The van der Waals surface area contributed by atoms with Gasteiger partial charge in [-0.3, -0.25) is 4.68 Å². The van der Waals surface area contributed by atoms with Crippen molar-refractivity contribution in [3.63, 3.8) is 0 Å². The van der Waals surface area contributed by atoms with Crippen molar-refractivity contribution in [1.29, 1.82) is 0 Å². The molecule has 0 radical (unpaired) electrons. The number of rotatable bonds is 5. The Kier molecular flexibility index (Phi) is 4.05. The second kappa shape index (κ2) is 5.54. The molecule has 2 unspecified atom stereocenters. The van der Waals surface area contributed by atoms with Gasteiger partial charge in [0.05, 0.1) is 31.1 Å². The van der Waals surface area contributed by atoms with Crippen molar-refractivity contribution in [2.24, 2.45) is 11.8 Å². The van der Waals surface area contributed by atoms with E-state index in [-0.39, 0.29) is 0 Å². The first-order valence-electron chi connectivity index (χ1n) is 6.55. The van der Waals surface area contributed by atoms with Crippen LogP contribution in [-0.4, -0.2) is 29.0 Å². The number of anilines is 1. The van der Waals surface area contributed by atoms with Crippen LogP contribution in [-0.2, 0) is 11.3 Å². The van der Waals surface area contributed by atoms with E-state index < -0.39 is 0 Å². The van der Waals surface area contributed by atoms with Crippen LogP contribution in [0.3, 0.4) is 0 Å². The molecule has 1 fully saturated rings. The summed E-state index contributed by atoms with van der Waals surface area (Å²) in [6, 6.07) is 0.437. The predicted molar refractivity (Wildman–Crippen MR) is 69.1 cm³/mol. The summed E-state index contributed by atoms with van der Waals surface area (Å²) >= 11 is 0. The average molecular weight is 237 g/mol. The lowest BCUT2D eigenvalue weighted by molar-refractivity contribution is 0.181. The Morgan fingerprint density at radius 2 is 2.35 bits per heavy atom. The van der Waals surface area contributed by atoms with Gasteiger partial charge in [-0.1, -0.05) is 13.8 Å². The second-order valence-electron chi connectivity index (χ2n) is 5.26. The fourth-order valence-corrected chi connectivity index (χ4v) is 2.42. The zero-order valence-electron chi connectivity index (χ0n) is 11.0. The van der Waals surface area contributed by atoms with Gasteiger partial charge in [0.25, 0.3) is 0 Å². The number of aromatic nitrogens is 2. The SMILES string of the molecule is CCn1cc(NC2COCC2CC(C)C)cn1. The molecule has 4 heteroatoms. The lowest BCUT2D eigenvalue weighted by Crippen LogP contribution is -2.28. The van der Waals surface area contributed by atoms with Crippen LogP contribution in [0.15, 0.2) is 12.4 Å². The highest BCUT2D eigenvalue weighted by Gasteiger charge is 2.28. The second-order valence-corrected chi connectivity index (χ2v) is 5.26. The van der Waals surface area contributed by atoms with Crippen LogP contribution in [0.25, 0.3) is 0 Å². The van der Waals surface area contributed by atoms with E-state index in [1.807, 2.05) is 10.9 Å². The van der Waals surface area contributed by atoms with Crippen LogP contribution < -0.4 is 5.32 Å². The Balaban J connectivity index is 1.92. The fourth-order valence-electron chi connectivity index (χ4n) is 2.42. The van der Waals surface area contributed by atoms with E-state index in [4.69, 9.17) is 4.74 Å². The van der Waals surface area contributed by atoms with E-state index >= 15 is 0 Å². The summed E-state index contributed by atoms with van der Waals surface area (Å²) in [5, 5.41) is 7.82. The van der Waals surface area contributed by atoms with Crippen molar-refractivity contribution >= 4 is 5.69 Å². The minimum atomic E-state index is 0.437. The third-order valence-corrected chi connectivity index (χ3v) is 3.28. The van der Waals surface area contributed by atoms with Crippen molar-refractivity contribution in [3.8, 4) is 0 Å². The molecule has 2 rings (SSSR count). The Bertz CT molecular complexity index is 348. The largest absolute Gasteiger partial charge is 0.379 e. The molecule has 1 aromatic rings. The van der Waals surface area contributed by atoms with Crippen LogP contribution in [0.1, 0.15) is 27.2 Å². The fraction of sp³-hybridized carbons (Fsp3) is 0.769. The maximum Gasteiger partial charge on any atom is 0.0729 e. The van der Waals surface area contributed by atoms with E-state index in [2.05, 4.69) is 37.4 Å². The minimum absolute atomic E-state index is 0.437. The van der Waals surface area contributed by atoms with Gasteiger partial charge in [0.1, 0.15) is 0 Å². The highest BCUT2D eigenvalue weighted by molar-refractivity contribution is 5.39. The van der Waals surface area contributed by atoms with E-state index in [0.29, 0.717) is 12.0 Å². The third-order valence-electron chi connectivity index (χ3n) is 3.28. The third kappa shape index (κ3) is 3.22. The average Bonchev–Trinajstić information content (AvgIpc) is 2.89. The molecule has 0 spiro atoms. The summed E-state index contributed by atoms with van der Waals surface area (Å²) in [5.41, 5.74) is 1.11. The van der Waals surface area contributed by atoms with Gasteiger partial charge in [-0.05, 0) is 19.3 Å². The van der Waals surface area contributed by atoms with Crippen LogP contribution in [0.2, 0.25) is 0 Å². The number of nitrogens with one attached hydrogen (secondary N) is 1. The minimum Gasteiger partial charge on any atom is -0.379 e. The number of aryl methyl sites for hydroxylation is 1. The Hall–Kier alpha value is -1.03. The molecule has 4 nitrogen and oxygen atoms in total. The van der Waals surface area contributed by atoms with E-state index in [1.54, 1.807) is 0 Å². The summed E-state index contributed by atoms with van der Waals surface area (Å²) in [6.07, 6.45) is 5.18. The van der Waals surface area contributed by atoms with Crippen LogP contribution in [0, 0.1) is 11.8 Å². The molecule has 2 atom stereocenters. The molecule has 0 bridgehead atoms. The molecule has 1 saturated heterocycles. The Morgan fingerprint density at radius 3 is 3.00 bits per heavy atom. The summed E-state index contributed by atoms with van der Waals surface area (Å²) in [7, 11) is 0. The number of ether oxygens (including phenoxy) is 1. The van der Waals surface area contributed by atoms with Gasteiger partial charge in [-0.25, -0.2) is 0 Å². The monoisotopic (exact) mass is 237 g/mol. The van der Waals surface area contributed by atoms with Crippen LogP contribution in [0.4, 0.5) is 5.69 Å². The number of hydrogen-bond donors (Lipinski definition) is 1. The maximum atomic E-state index is 5.59. The highest BCUT2D eigenvalue weighted by atomic mass is 16.5. The molecule has 0 aliphatic carbocycles. The molecule has 0 aromatic carbocycles. The van der Waals surface area contributed by atoms with Crippen molar-refractivity contribution < 1.29 is 4.74 Å². The normalized spacial score (nSPS) is 24.5.